The van der Waals surface area contributed by atoms with E-state index in [9.17, 15) is 13.2 Å². The molecule has 0 aliphatic rings. The maximum Gasteiger partial charge on any atom is 0.294 e. The maximum atomic E-state index is 10.4. The van der Waals surface area contributed by atoms with Gasteiger partial charge in [0, 0.05) is 6.20 Å². The molecule has 0 fully saturated rings. The van der Waals surface area contributed by atoms with Crippen LogP contribution in [0, 0.1) is 0 Å². The van der Waals surface area contributed by atoms with Crippen LogP contribution in [0.4, 0.5) is 0 Å². The average Bonchev–Trinajstić information content (AvgIpc) is 2.83. The fourth-order valence-electron chi connectivity index (χ4n) is 0.978. The first kappa shape index (κ1) is 13.9. The summed E-state index contributed by atoms with van der Waals surface area (Å²) in [5, 5.41) is 5.98. The van der Waals surface area contributed by atoms with Crippen LogP contribution in [-0.4, -0.2) is 29.1 Å². The summed E-state index contributed by atoms with van der Waals surface area (Å²) in [5.41, 5.74) is 5.27. The summed E-state index contributed by atoms with van der Waals surface area (Å²) in [5.74, 6) is -0.459. The number of primary amides is 1. The summed E-state index contributed by atoms with van der Waals surface area (Å²) < 4.78 is 29.2. The summed E-state index contributed by atoms with van der Waals surface area (Å²) in [6.45, 7) is 0. The van der Waals surface area contributed by atoms with Gasteiger partial charge in [-0.1, -0.05) is 18.2 Å². The van der Waals surface area contributed by atoms with Crippen molar-refractivity contribution in [3.8, 4) is 0 Å². The summed E-state index contributed by atoms with van der Waals surface area (Å²) in [4.78, 5) is 10.2. The quantitative estimate of drug-likeness (QED) is 0.682. The predicted octanol–water partition coefficient (Wildman–Crippen LogP) is 0.442. The largest absolute Gasteiger partial charge is 0.366 e. The highest BCUT2D eigenvalue weighted by Crippen LogP contribution is 2.05. The van der Waals surface area contributed by atoms with Crippen LogP contribution < -0.4 is 5.73 Å². The number of nitrogens with two attached hydrogens (primary N) is 1. The lowest BCUT2D eigenvalue weighted by Gasteiger charge is -1.92. The van der Waals surface area contributed by atoms with Crippen molar-refractivity contribution in [3.63, 3.8) is 0 Å². The molecular formula is C10H11N3O4S. The fraction of sp³-hybridized carbons (Fsp3) is 0. The van der Waals surface area contributed by atoms with Gasteiger partial charge in [-0.25, -0.2) is 0 Å². The van der Waals surface area contributed by atoms with Crippen molar-refractivity contribution in [1.29, 1.82) is 0 Å². The van der Waals surface area contributed by atoms with Gasteiger partial charge < -0.3 is 5.73 Å². The molecule has 1 heterocycles. The van der Waals surface area contributed by atoms with Gasteiger partial charge in [-0.3, -0.25) is 14.4 Å². The van der Waals surface area contributed by atoms with Crippen LogP contribution in [-0.2, 0) is 10.1 Å². The highest BCUT2D eigenvalue weighted by molar-refractivity contribution is 7.85. The number of aromatic nitrogens is 2. The molecular weight excluding hydrogens is 258 g/mol. The number of benzene rings is 1. The standard InChI is InChI=1S/C6H6O3S.C4H5N3O/c7-10(8,9)6-4-2-1-3-5-6;5-4(8)3-1-6-7-2-3/h1-5H,(H,7,8,9);1-2H,(H2,5,8)(H,6,7). The van der Waals surface area contributed by atoms with Gasteiger partial charge in [-0.2, -0.15) is 13.5 Å². The first-order chi connectivity index (χ1) is 8.41. The van der Waals surface area contributed by atoms with Crippen LogP contribution in [0.5, 0.6) is 0 Å². The van der Waals surface area contributed by atoms with E-state index in [2.05, 4.69) is 10.2 Å². The van der Waals surface area contributed by atoms with Crippen molar-refractivity contribution in [2.45, 2.75) is 4.90 Å². The molecule has 0 aliphatic heterocycles. The molecule has 18 heavy (non-hydrogen) atoms. The van der Waals surface area contributed by atoms with Gasteiger partial charge in [0.15, 0.2) is 0 Å². The molecule has 0 unspecified atom stereocenters. The molecule has 8 heteroatoms. The zero-order valence-corrected chi connectivity index (χ0v) is 9.96. The van der Waals surface area contributed by atoms with Gasteiger partial charge in [0.2, 0.25) is 0 Å². The molecule has 0 bridgehead atoms. The zero-order chi connectivity index (χ0) is 13.6. The van der Waals surface area contributed by atoms with E-state index < -0.39 is 16.0 Å². The number of carbonyl (C=O) groups is 1. The van der Waals surface area contributed by atoms with Crippen LogP contribution >= 0.6 is 0 Å². The summed E-state index contributed by atoms with van der Waals surface area (Å²) >= 11 is 0. The molecule has 0 radical (unpaired) electrons. The second-order valence-corrected chi connectivity index (χ2v) is 4.56. The average molecular weight is 269 g/mol. The Bertz CT molecular complexity index is 593. The molecule has 0 aliphatic carbocycles. The fourth-order valence-corrected chi connectivity index (χ4v) is 1.48. The van der Waals surface area contributed by atoms with Gasteiger partial charge in [-0.05, 0) is 12.1 Å². The van der Waals surface area contributed by atoms with Crippen LogP contribution in [0.1, 0.15) is 10.4 Å². The van der Waals surface area contributed by atoms with Crippen molar-refractivity contribution in [3.05, 3.63) is 48.3 Å². The van der Waals surface area contributed by atoms with E-state index in [0.717, 1.165) is 0 Å². The Hall–Kier alpha value is -2.19. The van der Waals surface area contributed by atoms with Gasteiger partial charge in [0.05, 0.1) is 16.7 Å². The smallest absolute Gasteiger partial charge is 0.294 e. The van der Waals surface area contributed by atoms with Crippen molar-refractivity contribution < 1.29 is 17.8 Å². The molecule has 0 saturated carbocycles. The molecule has 96 valence electrons. The summed E-state index contributed by atoms with van der Waals surface area (Å²) in [6.07, 6.45) is 2.82. The van der Waals surface area contributed by atoms with Crippen molar-refractivity contribution in [2.75, 3.05) is 0 Å². The van der Waals surface area contributed by atoms with Gasteiger partial charge in [-0.15, -0.1) is 0 Å². The number of nitrogens with one attached hydrogen (secondary N) is 1. The lowest BCUT2D eigenvalue weighted by molar-refractivity contribution is 0.100. The lowest BCUT2D eigenvalue weighted by atomic mass is 10.4. The van der Waals surface area contributed by atoms with Gasteiger partial charge >= 0.3 is 0 Å². The monoisotopic (exact) mass is 269 g/mol. The molecule has 1 amide bonds. The third-order valence-corrected chi connectivity index (χ3v) is 2.69. The Morgan fingerprint density at radius 3 is 2.17 bits per heavy atom. The molecule has 0 spiro atoms. The molecule has 2 aromatic rings. The number of amides is 1. The topological polar surface area (TPSA) is 126 Å². The lowest BCUT2D eigenvalue weighted by Crippen LogP contribution is -2.09. The third-order valence-electron chi connectivity index (χ3n) is 1.82. The van der Waals surface area contributed by atoms with Crippen LogP contribution in [0.3, 0.4) is 0 Å². The van der Waals surface area contributed by atoms with E-state index in [1.165, 1.54) is 24.5 Å². The summed E-state index contributed by atoms with van der Waals surface area (Å²) in [6, 6.07) is 7.42. The zero-order valence-electron chi connectivity index (χ0n) is 9.15. The number of rotatable bonds is 2. The second kappa shape index (κ2) is 5.94. The first-order valence-electron chi connectivity index (χ1n) is 4.72. The van der Waals surface area contributed by atoms with Crippen molar-refractivity contribution in [2.24, 2.45) is 5.73 Å². The van der Waals surface area contributed by atoms with E-state index in [4.69, 9.17) is 10.3 Å². The van der Waals surface area contributed by atoms with E-state index in [-0.39, 0.29) is 4.90 Å². The molecule has 4 N–H and O–H groups in total. The number of hydrogen-bond acceptors (Lipinski definition) is 4. The maximum absolute atomic E-state index is 10.4. The minimum absolute atomic E-state index is 0.0741. The third kappa shape index (κ3) is 4.36. The van der Waals surface area contributed by atoms with Gasteiger partial charge in [0.25, 0.3) is 16.0 Å². The van der Waals surface area contributed by atoms with Gasteiger partial charge in [0.1, 0.15) is 0 Å². The van der Waals surface area contributed by atoms with E-state index in [0.29, 0.717) is 5.56 Å². The number of nitrogens with zero attached hydrogens (tertiary/aromatic N) is 1. The summed E-state index contributed by atoms with van der Waals surface area (Å²) in [7, 11) is -4.00. The molecule has 0 saturated heterocycles. The molecule has 2 rings (SSSR count). The van der Waals surface area contributed by atoms with Crippen molar-refractivity contribution >= 4 is 16.0 Å². The Balaban J connectivity index is 0.000000184. The van der Waals surface area contributed by atoms with E-state index in [1.807, 2.05) is 0 Å². The van der Waals surface area contributed by atoms with E-state index >= 15 is 0 Å². The molecule has 0 atom stereocenters. The minimum atomic E-state index is -4.00. The Kier molecular flexibility index (Phi) is 4.58. The first-order valence-corrected chi connectivity index (χ1v) is 6.16. The Morgan fingerprint density at radius 1 is 1.28 bits per heavy atom. The van der Waals surface area contributed by atoms with Crippen molar-refractivity contribution in [1.82, 2.24) is 10.2 Å². The van der Waals surface area contributed by atoms with E-state index in [1.54, 1.807) is 18.2 Å². The SMILES string of the molecule is NC(=O)c1cn[nH]c1.O=S(=O)(O)c1ccccc1. The molecule has 1 aromatic carbocycles. The normalized spacial score (nSPS) is 10.3. The number of aromatic amines is 1. The Morgan fingerprint density at radius 2 is 1.89 bits per heavy atom. The number of H-pyrrole nitrogens is 1. The molecule has 1 aromatic heterocycles. The highest BCUT2D eigenvalue weighted by Gasteiger charge is 2.05. The van der Waals surface area contributed by atoms with Crippen LogP contribution in [0.15, 0.2) is 47.6 Å². The predicted molar refractivity (Wildman–Crippen MR) is 63.4 cm³/mol. The van der Waals surface area contributed by atoms with Crippen LogP contribution in [0.2, 0.25) is 0 Å². The molecule has 7 nitrogen and oxygen atoms in total. The second-order valence-electron chi connectivity index (χ2n) is 3.14. The number of hydrogen-bond donors (Lipinski definition) is 3. The minimum Gasteiger partial charge on any atom is -0.366 e. The number of carbonyl (C=O) groups excluding carboxylic acids is 1. The highest BCUT2D eigenvalue weighted by atomic mass is 32.2. The van der Waals surface area contributed by atoms with Crippen LogP contribution in [0.25, 0.3) is 0 Å². The Labute approximate surface area is 103 Å².